The lowest BCUT2D eigenvalue weighted by Crippen LogP contribution is -2.49. The van der Waals surface area contributed by atoms with Crippen LogP contribution in [0.2, 0.25) is 0 Å². The van der Waals surface area contributed by atoms with Crippen LogP contribution in [0.5, 0.6) is 0 Å². The monoisotopic (exact) mass is 260 g/mol. The van der Waals surface area contributed by atoms with Crippen LogP contribution >= 0.6 is 11.8 Å². The van der Waals surface area contributed by atoms with Gasteiger partial charge in [0, 0.05) is 16.6 Å². The predicted molar refractivity (Wildman–Crippen MR) is 74.2 cm³/mol. The van der Waals surface area contributed by atoms with Crippen molar-refractivity contribution in [3.63, 3.8) is 0 Å². The van der Waals surface area contributed by atoms with E-state index < -0.39 is 10.8 Å². The molecular formula is C13H24OS2. The zero-order chi connectivity index (χ0) is 11.8. The summed E-state index contributed by atoms with van der Waals surface area (Å²) < 4.78 is 12.6. The van der Waals surface area contributed by atoms with Crippen LogP contribution < -0.4 is 0 Å². The van der Waals surface area contributed by atoms with Gasteiger partial charge in [0.1, 0.15) is 0 Å². The Balaban J connectivity index is 2.26. The Kier molecular flexibility index (Phi) is 4.05. The van der Waals surface area contributed by atoms with E-state index in [-0.39, 0.29) is 4.08 Å². The minimum atomic E-state index is -0.594. The Bertz CT molecular complexity index is 277. The van der Waals surface area contributed by atoms with Gasteiger partial charge in [-0.2, -0.15) is 0 Å². The average molecular weight is 260 g/mol. The Labute approximate surface area is 107 Å². The first kappa shape index (κ1) is 12.9. The highest BCUT2D eigenvalue weighted by molar-refractivity contribution is 8.13. The van der Waals surface area contributed by atoms with Crippen molar-refractivity contribution < 1.29 is 4.21 Å². The van der Waals surface area contributed by atoms with Crippen LogP contribution in [0.3, 0.4) is 0 Å². The summed E-state index contributed by atoms with van der Waals surface area (Å²) in [6.45, 7) is 6.97. The molecule has 1 aliphatic carbocycles. The minimum absolute atomic E-state index is 0.115. The summed E-state index contributed by atoms with van der Waals surface area (Å²) >= 11 is 2.03. The van der Waals surface area contributed by atoms with Gasteiger partial charge in [0.15, 0.2) is 0 Å². The minimum Gasteiger partial charge on any atom is -0.258 e. The van der Waals surface area contributed by atoms with Gasteiger partial charge in [-0.3, -0.25) is 4.21 Å². The molecule has 0 bridgehead atoms. The first-order valence-corrected chi connectivity index (χ1v) is 8.89. The van der Waals surface area contributed by atoms with Crippen molar-refractivity contribution in [3.8, 4) is 0 Å². The van der Waals surface area contributed by atoms with Crippen molar-refractivity contribution >= 4 is 22.6 Å². The molecule has 3 heteroatoms. The van der Waals surface area contributed by atoms with Crippen LogP contribution in [0.15, 0.2) is 0 Å². The molecule has 1 aliphatic heterocycles. The third-order valence-electron chi connectivity index (χ3n) is 4.18. The van der Waals surface area contributed by atoms with Crippen LogP contribution in [0, 0.1) is 17.8 Å². The molecule has 2 fully saturated rings. The van der Waals surface area contributed by atoms with Crippen LogP contribution in [0.25, 0.3) is 0 Å². The molecule has 0 unspecified atom stereocenters. The fourth-order valence-electron chi connectivity index (χ4n) is 3.37. The van der Waals surface area contributed by atoms with E-state index in [1.165, 1.54) is 25.0 Å². The van der Waals surface area contributed by atoms with Crippen LogP contribution in [0.1, 0.15) is 46.5 Å². The van der Waals surface area contributed by atoms with Gasteiger partial charge >= 0.3 is 0 Å². The van der Waals surface area contributed by atoms with Gasteiger partial charge in [-0.15, -0.1) is 11.8 Å². The van der Waals surface area contributed by atoms with Gasteiger partial charge < -0.3 is 0 Å². The Morgan fingerprint density at radius 3 is 2.75 bits per heavy atom. The molecule has 0 amide bonds. The number of hydrogen-bond donors (Lipinski definition) is 0. The Hall–Kier alpha value is 0.500. The maximum absolute atomic E-state index is 12.5. The molecule has 1 saturated carbocycles. The summed E-state index contributed by atoms with van der Waals surface area (Å²) in [7, 11) is -0.594. The molecule has 1 saturated heterocycles. The first-order chi connectivity index (χ1) is 7.56. The molecule has 1 spiro atoms. The number of thioether (sulfide) groups is 1. The third kappa shape index (κ3) is 2.22. The maximum atomic E-state index is 12.5. The van der Waals surface area contributed by atoms with Gasteiger partial charge in [-0.05, 0) is 42.8 Å². The third-order valence-corrected chi connectivity index (χ3v) is 8.44. The van der Waals surface area contributed by atoms with E-state index in [1.807, 2.05) is 11.8 Å². The first-order valence-electron chi connectivity index (χ1n) is 6.58. The molecule has 94 valence electrons. The van der Waals surface area contributed by atoms with Crippen molar-refractivity contribution in [1.29, 1.82) is 0 Å². The van der Waals surface area contributed by atoms with Gasteiger partial charge in [0.2, 0.25) is 0 Å². The Morgan fingerprint density at radius 2 is 2.12 bits per heavy atom. The molecule has 0 aromatic rings. The lowest BCUT2D eigenvalue weighted by Gasteiger charge is -2.48. The van der Waals surface area contributed by atoms with E-state index in [2.05, 4.69) is 20.8 Å². The summed E-state index contributed by atoms with van der Waals surface area (Å²) in [5.41, 5.74) is 0. The maximum Gasteiger partial charge on any atom is 0.0941 e. The highest BCUT2D eigenvalue weighted by Gasteiger charge is 2.50. The van der Waals surface area contributed by atoms with Crippen molar-refractivity contribution in [3.05, 3.63) is 0 Å². The largest absolute Gasteiger partial charge is 0.258 e. The van der Waals surface area contributed by atoms with Crippen molar-refractivity contribution in [2.75, 3.05) is 11.5 Å². The van der Waals surface area contributed by atoms with E-state index in [9.17, 15) is 4.21 Å². The SMILES string of the molecule is CC(C)[C@@H]1CC[C@@H](C)C[C@]12SCCC[S@]2=O. The molecule has 0 N–H and O–H groups in total. The number of hydrogen-bond acceptors (Lipinski definition) is 2. The van der Waals surface area contributed by atoms with E-state index in [0.29, 0.717) is 11.8 Å². The van der Waals surface area contributed by atoms with Crippen molar-refractivity contribution in [2.24, 2.45) is 17.8 Å². The zero-order valence-electron chi connectivity index (χ0n) is 10.7. The molecule has 4 atom stereocenters. The van der Waals surface area contributed by atoms with Gasteiger partial charge in [-0.25, -0.2) is 0 Å². The molecular weight excluding hydrogens is 236 g/mol. The zero-order valence-corrected chi connectivity index (χ0v) is 12.3. The quantitative estimate of drug-likeness (QED) is 0.716. The highest BCUT2D eigenvalue weighted by atomic mass is 32.2. The number of rotatable bonds is 1. The van der Waals surface area contributed by atoms with E-state index >= 15 is 0 Å². The fraction of sp³-hybridized carbons (Fsp3) is 1.00. The van der Waals surface area contributed by atoms with E-state index in [0.717, 1.165) is 18.1 Å². The smallest absolute Gasteiger partial charge is 0.0941 e. The summed E-state index contributed by atoms with van der Waals surface area (Å²) in [5, 5.41) is 0. The molecule has 0 radical (unpaired) electrons. The molecule has 0 aromatic carbocycles. The van der Waals surface area contributed by atoms with Crippen molar-refractivity contribution in [2.45, 2.75) is 50.5 Å². The predicted octanol–water partition coefficient (Wildman–Crippen LogP) is 3.66. The van der Waals surface area contributed by atoms with Gasteiger partial charge in [0.05, 0.1) is 4.08 Å². The second-order valence-corrected chi connectivity index (χ2v) is 9.31. The average Bonchev–Trinajstić information content (AvgIpc) is 2.22. The molecule has 0 aromatic heterocycles. The molecule has 1 heterocycles. The van der Waals surface area contributed by atoms with Crippen LogP contribution in [-0.2, 0) is 10.8 Å². The lowest BCUT2D eigenvalue weighted by atomic mass is 9.76. The molecule has 16 heavy (non-hydrogen) atoms. The van der Waals surface area contributed by atoms with Gasteiger partial charge in [-0.1, -0.05) is 27.2 Å². The summed E-state index contributed by atoms with van der Waals surface area (Å²) in [5.74, 6) is 4.30. The normalized spacial score (nSPS) is 45.1. The lowest BCUT2D eigenvalue weighted by molar-refractivity contribution is 0.222. The van der Waals surface area contributed by atoms with E-state index in [1.54, 1.807) is 0 Å². The topological polar surface area (TPSA) is 17.1 Å². The standard InChI is InChI=1S/C13H24OS2/c1-10(2)12-6-5-11(3)9-13(12)15-7-4-8-16(13)14/h10-12H,4-9H2,1-3H3/t11-,12+,13-,16-/m1/s1. The second kappa shape index (κ2) is 5.01. The summed E-state index contributed by atoms with van der Waals surface area (Å²) in [6, 6.07) is 0. The highest BCUT2D eigenvalue weighted by Crippen LogP contribution is 2.53. The molecule has 2 rings (SSSR count). The van der Waals surface area contributed by atoms with Crippen LogP contribution in [-0.4, -0.2) is 19.8 Å². The summed E-state index contributed by atoms with van der Waals surface area (Å²) in [4.78, 5) is 0. The second-order valence-electron chi connectivity index (χ2n) is 5.80. The molecule has 2 aliphatic rings. The summed E-state index contributed by atoms with van der Waals surface area (Å²) in [6.07, 6.45) is 4.96. The Morgan fingerprint density at radius 1 is 1.38 bits per heavy atom. The van der Waals surface area contributed by atoms with E-state index in [4.69, 9.17) is 0 Å². The molecule has 1 nitrogen and oxygen atoms in total. The van der Waals surface area contributed by atoms with Crippen molar-refractivity contribution in [1.82, 2.24) is 0 Å². The van der Waals surface area contributed by atoms with Crippen LogP contribution in [0.4, 0.5) is 0 Å². The fourth-order valence-corrected chi connectivity index (χ4v) is 8.16. The van der Waals surface area contributed by atoms with Gasteiger partial charge in [0.25, 0.3) is 0 Å².